The van der Waals surface area contributed by atoms with Crippen molar-refractivity contribution in [3.05, 3.63) is 291 Å². The SMILES string of the molecule is Cc1ccc(Oc2ccc(Oc3c(C)cc(Oc4c(C)cc(C(C)(C)c5cc(C)c(Oc6cc(C)c(Oc7ccc(Oc8ccc(O)c(P9(=O)Oc%10ccccc%10-c%10ccccc%109)c8)c(C(=O)O)c7)c(C)c6)c(C)c5)cc4C)cc3C)cc2C(=O)O)c(P2(=O)Oc3ccccc3-c3ccccc32)c1. The van der Waals surface area contributed by atoms with Crippen LogP contribution in [0.2, 0.25) is 0 Å². The number of aryl methyl sites for hydroxylation is 9. The summed E-state index contributed by atoms with van der Waals surface area (Å²) in [5.41, 5.74) is 12.1. The number of phenols is 1. The monoisotopic (exact) mass is 1410 g/mol. The molecule has 2 unspecified atom stereocenters. The van der Waals surface area contributed by atoms with Gasteiger partial charge in [-0.05, 0) is 250 Å². The molecule has 2 heterocycles. The Bertz CT molecular complexity index is 5520. The van der Waals surface area contributed by atoms with Crippen LogP contribution in [0.4, 0.5) is 0 Å². The van der Waals surface area contributed by atoms with E-state index in [1.54, 1.807) is 60.7 Å². The van der Waals surface area contributed by atoms with Crippen LogP contribution in [0, 0.1) is 62.3 Å². The molecule has 0 bridgehead atoms. The summed E-state index contributed by atoms with van der Waals surface area (Å²) in [6.45, 7) is 22.0. The summed E-state index contributed by atoms with van der Waals surface area (Å²) in [5, 5.41) is 33.5. The molecule has 15 nitrogen and oxygen atoms in total. The van der Waals surface area contributed by atoms with Gasteiger partial charge >= 0.3 is 26.7 Å². The van der Waals surface area contributed by atoms with Gasteiger partial charge in [0.2, 0.25) is 0 Å². The molecule has 0 saturated carbocycles. The summed E-state index contributed by atoms with van der Waals surface area (Å²) in [6, 6.07) is 64.1. The third-order valence-corrected chi connectivity index (χ3v) is 23.8. The van der Waals surface area contributed by atoms with Gasteiger partial charge in [-0.15, -0.1) is 0 Å². The number of hydrogen-bond donors (Lipinski definition) is 3. The Labute approximate surface area is 597 Å². The molecule has 0 aromatic heterocycles. The number of rotatable bonds is 18. The van der Waals surface area contributed by atoms with E-state index >= 15 is 4.57 Å². The number of ether oxygens (including phenoxy) is 6. The van der Waals surface area contributed by atoms with Gasteiger partial charge in [-0.25, -0.2) is 9.59 Å². The fraction of sp³-hybridized carbons (Fsp3) is 0.140. The van der Waals surface area contributed by atoms with Gasteiger partial charge in [-0.1, -0.05) is 117 Å². The topological polar surface area (TPSA) is 203 Å². The van der Waals surface area contributed by atoms with Gasteiger partial charge in [0.15, 0.2) is 0 Å². The zero-order valence-corrected chi connectivity index (χ0v) is 60.2. The van der Waals surface area contributed by atoms with Crippen LogP contribution in [0.25, 0.3) is 22.3 Å². The lowest BCUT2D eigenvalue weighted by Crippen LogP contribution is -2.26. The normalized spacial score (nSPS) is 14.9. The first-order chi connectivity index (χ1) is 49.2. The number of aromatic carboxylic acids is 2. The van der Waals surface area contributed by atoms with Crippen molar-refractivity contribution < 1.29 is 71.5 Å². The van der Waals surface area contributed by atoms with Crippen molar-refractivity contribution in [1.82, 2.24) is 0 Å². The highest BCUT2D eigenvalue weighted by molar-refractivity contribution is 7.75. The maximum Gasteiger partial charge on any atom is 0.339 e. The number of para-hydroxylation sites is 2. The molecule has 12 aromatic rings. The summed E-state index contributed by atoms with van der Waals surface area (Å²) in [6.07, 6.45) is 0. The smallest absolute Gasteiger partial charge is 0.339 e. The number of fused-ring (bicyclic) bond motifs is 6. The number of carboxylic acids is 2. The Balaban J connectivity index is 0.639. The average molecular weight is 1410 g/mol. The number of hydrogen-bond acceptors (Lipinski definition) is 13. The van der Waals surface area contributed by atoms with Gasteiger partial charge in [-0.3, -0.25) is 9.13 Å². The summed E-state index contributed by atoms with van der Waals surface area (Å²) >= 11 is 0. The fourth-order valence-corrected chi connectivity index (χ4v) is 18.5. The maximum absolute atomic E-state index is 15.3. The molecule has 14 rings (SSSR count). The maximum atomic E-state index is 15.3. The first kappa shape index (κ1) is 68.4. The van der Waals surface area contributed by atoms with Crippen LogP contribution in [0.15, 0.2) is 218 Å². The van der Waals surface area contributed by atoms with Crippen LogP contribution in [-0.2, 0) is 14.5 Å². The molecule has 17 heteroatoms. The number of carboxylic acid groups (broad SMARTS) is 2. The molecule has 0 amide bonds. The van der Waals surface area contributed by atoms with Gasteiger partial charge in [0.05, 0.1) is 21.2 Å². The molecule has 0 aliphatic carbocycles. The van der Waals surface area contributed by atoms with Crippen LogP contribution in [0.3, 0.4) is 0 Å². The third-order valence-electron chi connectivity index (χ3n) is 18.9. The first-order valence-corrected chi connectivity index (χ1v) is 36.7. The minimum atomic E-state index is -3.92. The molecule has 12 aromatic carbocycles. The molecule has 2 atom stereocenters. The second-order valence-corrected chi connectivity index (χ2v) is 31.2. The minimum Gasteiger partial charge on any atom is -0.507 e. The van der Waals surface area contributed by atoms with E-state index in [2.05, 4.69) is 38.1 Å². The van der Waals surface area contributed by atoms with Gasteiger partial charge in [-0.2, -0.15) is 0 Å². The van der Waals surface area contributed by atoms with Crippen LogP contribution in [0.5, 0.6) is 86.2 Å². The molecule has 0 fully saturated rings. The Morgan fingerprint density at radius 3 is 1.13 bits per heavy atom. The zero-order valence-electron chi connectivity index (χ0n) is 58.4. The van der Waals surface area contributed by atoms with E-state index in [-0.39, 0.29) is 56.7 Å². The molecule has 2 aliphatic rings. The quantitative estimate of drug-likeness (QED) is 0.0684. The van der Waals surface area contributed by atoms with Crippen molar-refractivity contribution in [1.29, 1.82) is 0 Å². The molecule has 516 valence electrons. The average Bonchev–Trinajstić information content (AvgIpc) is 0.741. The molecule has 103 heavy (non-hydrogen) atoms. The van der Waals surface area contributed by atoms with Gasteiger partial charge in [0.25, 0.3) is 0 Å². The highest BCUT2D eigenvalue weighted by atomic mass is 31.2. The van der Waals surface area contributed by atoms with Gasteiger partial charge < -0.3 is 52.8 Å². The number of aromatic hydroxyl groups is 1. The van der Waals surface area contributed by atoms with Crippen molar-refractivity contribution in [3.63, 3.8) is 0 Å². The van der Waals surface area contributed by atoms with E-state index in [9.17, 15) is 29.5 Å². The lowest BCUT2D eigenvalue weighted by molar-refractivity contribution is 0.0682. The Kier molecular flexibility index (Phi) is 17.7. The van der Waals surface area contributed by atoms with Crippen molar-refractivity contribution in [2.75, 3.05) is 0 Å². The summed E-state index contributed by atoms with van der Waals surface area (Å²) in [5.74, 6) is 2.67. The van der Waals surface area contributed by atoms with Crippen molar-refractivity contribution >= 4 is 47.9 Å². The van der Waals surface area contributed by atoms with Crippen LogP contribution < -0.4 is 58.7 Å². The predicted molar refractivity (Wildman–Crippen MR) is 401 cm³/mol. The number of benzene rings is 12. The summed E-state index contributed by atoms with van der Waals surface area (Å²) < 4.78 is 81.8. The fourth-order valence-electron chi connectivity index (χ4n) is 13.7. The van der Waals surface area contributed by atoms with Gasteiger partial charge in [0.1, 0.15) is 97.4 Å². The van der Waals surface area contributed by atoms with E-state index in [1.165, 1.54) is 42.5 Å². The van der Waals surface area contributed by atoms with Crippen molar-refractivity contribution in [2.45, 2.75) is 81.6 Å². The Morgan fingerprint density at radius 1 is 0.340 bits per heavy atom. The lowest BCUT2D eigenvalue weighted by Gasteiger charge is -2.30. The highest BCUT2D eigenvalue weighted by Gasteiger charge is 2.42. The van der Waals surface area contributed by atoms with E-state index < -0.39 is 32.1 Å². The van der Waals surface area contributed by atoms with Gasteiger partial charge in [0, 0.05) is 16.5 Å². The third kappa shape index (κ3) is 12.8. The van der Waals surface area contributed by atoms with E-state index in [0.29, 0.717) is 61.7 Å². The zero-order chi connectivity index (χ0) is 72.6. The second-order valence-electron chi connectivity index (χ2n) is 26.7. The molecular weight excluding hydrogens is 1330 g/mol. The van der Waals surface area contributed by atoms with Crippen LogP contribution >= 0.6 is 14.7 Å². The Morgan fingerprint density at radius 2 is 0.689 bits per heavy atom. The minimum absolute atomic E-state index is 0.00482. The van der Waals surface area contributed by atoms with E-state index in [4.69, 9.17) is 37.5 Å². The summed E-state index contributed by atoms with van der Waals surface area (Å²) in [7, 11) is -7.74. The highest BCUT2D eigenvalue weighted by Crippen LogP contribution is 2.58. The number of carbonyl (C=O) groups is 2. The van der Waals surface area contributed by atoms with Crippen LogP contribution in [-0.4, -0.2) is 27.3 Å². The summed E-state index contributed by atoms with van der Waals surface area (Å²) in [4.78, 5) is 25.8. The lowest BCUT2D eigenvalue weighted by atomic mass is 9.76. The van der Waals surface area contributed by atoms with Crippen molar-refractivity contribution in [3.8, 4) is 108 Å². The van der Waals surface area contributed by atoms with Crippen molar-refractivity contribution in [2.24, 2.45) is 0 Å². The molecule has 2 aliphatic heterocycles. The molecule has 0 spiro atoms. The largest absolute Gasteiger partial charge is 0.507 e. The van der Waals surface area contributed by atoms with Crippen LogP contribution in [0.1, 0.15) is 95.8 Å². The molecule has 3 N–H and O–H groups in total. The Hall–Kier alpha value is -11.8. The molecule has 0 radical (unpaired) electrons. The predicted octanol–water partition coefficient (Wildman–Crippen LogP) is 21.2. The first-order valence-electron chi connectivity index (χ1n) is 33.4. The van der Waals surface area contributed by atoms with E-state index in [0.717, 1.165) is 83.6 Å². The molecular formula is C86H72O15P2. The van der Waals surface area contributed by atoms with E-state index in [1.807, 2.05) is 153 Å². The molecule has 0 saturated heterocycles. The standard InChI is InChI=1S/C86H72O15P2/c1-48-28-33-75(79(36-48)103(93)77-27-19-15-23-67(77)65-21-13-17-25-74(65)101-103)99-72-35-31-60(46-69(72)85(90)91)96-83-55(8)43-63(44-56(83)9)98-81-51(4)39-58(40-52(81)5)86(10,11)57-37-49(2)80(50(3)38-57)97-62-41-53(6)82(54(7)42-62)95-59-30-34-71(68(45-59)84(88)89)94-61-29-32-70(87)78(47-61)102(92)76-26-18-14-22-66(76)64-20-12-16-24-73(64)100-102/h12-47,87H,1-11H3,(H,88,89)(H,90,91). The second kappa shape index (κ2) is 26.6. The number of phenolic OH excluding ortho intramolecular Hbond substituents is 1.